The van der Waals surface area contributed by atoms with Crippen LogP contribution >= 0.6 is 22.6 Å². The van der Waals surface area contributed by atoms with E-state index in [0.29, 0.717) is 5.69 Å². The molecule has 1 rings (SSSR count). The van der Waals surface area contributed by atoms with Crippen molar-refractivity contribution < 1.29 is 4.79 Å². The number of carbonyl (C=O) groups excluding carboxylic acids is 1. The molecule has 0 aliphatic rings. The summed E-state index contributed by atoms with van der Waals surface area (Å²) < 4.78 is 1.03. The molecule has 0 fully saturated rings. The van der Waals surface area contributed by atoms with Crippen LogP contribution in [0.5, 0.6) is 0 Å². The Bertz CT molecular complexity index is 487. The summed E-state index contributed by atoms with van der Waals surface area (Å²) in [4.78, 5) is 19.1. The minimum atomic E-state index is -1.46. The first-order chi connectivity index (χ1) is 9.07. The molecule has 0 aliphatic carbocycles. The van der Waals surface area contributed by atoms with Crippen LogP contribution in [0.3, 0.4) is 0 Å². The number of carbonyl (C=O) groups is 1. The van der Waals surface area contributed by atoms with Gasteiger partial charge < -0.3 is 4.90 Å². The fraction of sp³-hybridized carbons (Fsp3) is 0.600. The van der Waals surface area contributed by atoms with Gasteiger partial charge in [0.05, 0.1) is 8.07 Å². The van der Waals surface area contributed by atoms with Crippen molar-refractivity contribution in [1.29, 1.82) is 0 Å². The van der Waals surface area contributed by atoms with Crippen molar-refractivity contribution in [1.82, 2.24) is 9.88 Å². The topological polar surface area (TPSA) is 33.2 Å². The molecular weight excluding hydrogens is 379 g/mol. The van der Waals surface area contributed by atoms with Gasteiger partial charge in [0, 0.05) is 21.9 Å². The zero-order chi connectivity index (χ0) is 15.7. The van der Waals surface area contributed by atoms with Crippen LogP contribution in [-0.2, 0) is 0 Å². The molecule has 1 aromatic heterocycles. The predicted molar refractivity (Wildman–Crippen MR) is 96.4 cm³/mol. The van der Waals surface area contributed by atoms with E-state index >= 15 is 0 Å². The largest absolute Gasteiger partial charge is 0.332 e. The van der Waals surface area contributed by atoms with Gasteiger partial charge in [-0.15, -0.1) is 0 Å². The maximum atomic E-state index is 12.8. The highest BCUT2D eigenvalue weighted by Gasteiger charge is 2.28. The Morgan fingerprint density at radius 3 is 2.10 bits per heavy atom. The van der Waals surface area contributed by atoms with E-state index in [1.807, 2.05) is 32.6 Å². The molecule has 0 aliphatic heterocycles. The van der Waals surface area contributed by atoms with Gasteiger partial charge in [-0.05, 0) is 61.5 Å². The quantitative estimate of drug-likeness (QED) is 0.569. The fourth-order valence-electron chi connectivity index (χ4n) is 2.36. The van der Waals surface area contributed by atoms with Gasteiger partial charge in [-0.25, -0.2) is 4.98 Å². The number of hydrogen-bond acceptors (Lipinski definition) is 2. The third kappa shape index (κ3) is 3.81. The summed E-state index contributed by atoms with van der Waals surface area (Å²) in [7, 11) is -1.46. The molecule has 0 spiro atoms. The zero-order valence-corrected chi connectivity index (χ0v) is 16.6. The summed E-state index contributed by atoms with van der Waals surface area (Å²) in [6, 6.07) is 2.42. The van der Waals surface area contributed by atoms with Crippen LogP contribution < -0.4 is 5.19 Å². The van der Waals surface area contributed by atoms with Gasteiger partial charge in [-0.2, -0.15) is 0 Å². The molecule has 0 saturated heterocycles. The summed E-state index contributed by atoms with van der Waals surface area (Å²) in [5.74, 6) is 0.0412. The van der Waals surface area contributed by atoms with E-state index in [9.17, 15) is 4.79 Å². The maximum Gasteiger partial charge on any atom is 0.274 e. The maximum absolute atomic E-state index is 12.8. The van der Waals surface area contributed by atoms with Crippen LogP contribution in [0.25, 0.3) is 0 Å². The lowest BCUT2D eigenvalue weighted by Gasteiger charge is -2.31. The Morgan fingerprint density at radius 1 is 1.20 bits per heavy atom. The minimum absolute atomic E-state index is 0.0412. The predicted octanol–water partition coefficient (Wildman–Crippen LogP) is 3.49. The molecule has 0 unspecified atom stereocenters. The molecule has 112 valence electrons. The summed E-state index contributed by atoms with van der Waals surface area (Å²) >= 11 is 2.29. The van der Waals surface area contributed by atoms with Gasteiger partial charge in [-0.1, -0.05) is 19.6 Å². The van der Waals surface area contributed by atoms with Crippen LogP contribution in [0.1, 0.15) is 38.2 Å². The first-order valence-corrected chi connectivity index (χ1v) is 11.6. The van der Waals surface area contributed by atoms with Crippen molar-refractivity contribution in [2.24, 2.45) is 0 Å². The Labute approximate surface area is 137 Å². The molecule has 1 amide bonds. The van der Waals surface area contributed by atoms with E-state index in [1.165, 1.54) is 5.19 Å². The number of amides is 1. The average molecular weight is 404 g/mol. The molecular formula is C15H25IN2OSi. The number of pyridine rings is 1. The highest BCUT2D eigenvalue weighted by Crippen LogP contribution is 2.17. The molecule has 0 aromatic carbocycles. The van der Waals surface area contributed by atoms with E-state index < -0.39 is 8.07 Å². The summed E-state index contributed by atoms with van der Waals surface area (Å²) in [6.07, 6.45) is 1.78. The lowest BCUT2D eigenvalue weighted by atomic mass is 10.2. The molecule has 20 heavy (non-hydrogen) atoms. The molecule has 5 heteroatoms. The SMILES string of the molecule is CC(C)N(C(=O)c1nccc([Si](C)(C)C)c1I)C(C)C. The zero-order valence-electron chi connectivity index (χ0n) is 13.5. The second-order valence-electron chi connectivity index (χ2n) is 6.67. The van der Waals surface area contributed by atoms with Crippen molar-refractivity contribution in [2.75, 3.05) is 0 Å². The van der Waals surface area contributed by atoms with Gasteiger partial charge in [-0.3, -0.25) is 4.79 Å². The van der Waals surface area contributed by atoms with E-state index in [-0.39, 0.29) is 18.0 Å². The van der Waals surface area contributed by atoms with Gasteiger partial charge in [0.2, 0.25) is 0 Å². The third-order valence-electron chi connectivity index (χ3n) is 3.25. The Morgan fingerprint density at radius 2 is 1.70 bits per heavy atom. The normalized spacial score (nSPS) is 12.1. The van der Waals surface area contributed by atoms with Gasteiger partial charge in [0.1, 0.15) is 5.69 Å². The van der Waals surface area contributed by atoms with E-state index in [2.05, 4.69) is 53.3 Å². The van der Waals surface area contributed by atoms with Crippen LogP contribution in [0, 0.1) is 3.57 Å². The fourth-order valence-corrected chi connectivity index (χ4v) is 6.69. The minimum Gasteiger partial charge on any atom is -0.332 e. The van der Waals surface area contributed by atoms with E-state index in [1.54, 1.807) is 6.20 Å². The van der Waals surface area contributed by atoms with E-state index in [0.717, 1.165) is 3.57 Å². The number of aromatic nitrogens is 1. The van der Waals surface area contributed by atoms with Crippen LogP contribution in [0.2, 0.25) is 19.6 Å². The molecule has 0 bridgehead atoms. The highest BCUT2D eigenvalue weighted by atomic mass is 127. The molecule has 3 nitrogen and oxygen atoms in total. The van der Waals surface area contributed by atoms with Crippen molar-refractivity contribution in [3.8, 4) is 0 Å². The average Bonchev–Trinajstić information content (AvgIpc) is 2.26. The van der Waals surface area contributed by atoms with Crippen LogP contribution in [0.4, 0.5) is 0 Å². The number of nitrogens with zero attached hydrogens (tertiary/aromatic N) is 2. The molecule has 1 heterocycles. The number of halogens is 1. The van der Waals surface area contributed by atoms with E-state index in [4.69, 9.17) is 0 Å². The molecule has 1 aromatic rings. The first kappa shape index (κ1) is 17.6. The monoisotopic (exact) mass is 404 g/mol. The number of hydrogen-bond donors (Lipinski definition) is 0. The Hall–Kier alpha value is -0.433. The first-order valence-electron chi connectivity index (χ1n) is 7.05. The van der Waals surface area contributed by atoms with Crippen LogP contribution in [0.15, 0.2) is 12.3 Å². The lowest BCUT2D eigenvalue weighted by molar-refractivity contribution is 0.0636. The van der Waals surface area contributed by atoms with Crippen molar-refractivity contribution in [3.63, 3.8) is 0 Å². The Kier molecular flexibility index (Phi) is 5.77. The second-order valence-corrected chi connectivity index (χ2v) is 12.8. The third-order valence-corrected chi connectivity index (χ3v) is 6.88. The highest BCUT2D eigenvalue weighted by molar-refractivity contribution is 14.1. The van der Waals surface area contributed by atoms with Crippen molar-refractivity contribution in [2.45, 2.75) is 59.4 Å². The van der Waals surface area contributed by atoms with Gasteiger partial charge in [0.15, 0.2) is 0 Å². The molecule has 0 saturated carbocycles. The standard InChI is InChI=1S/C15H25IN2OSi/c1-10(2)18(11(3)4)15(19)14-13(16)12(8-9-17-14)20(5,6)7/h8-11H,1-7H3. The smallest absolute Gasteiger partial charge is 0.274 e. The van der Waals surface area contributed by atoms with Gasteiger partial charge in [0.25, 0.3) is 5.91 Å². The summed E-state index contributed by atoms with van der Waals surface area (Å²) in [5, 5.41) is 1.31. The van der Waals surface area contributed by atoms with Crippen molar-refractivity contribution >= 4 is 41.8 Å². The molecule has 0 radical (unpaired) electrons. The van der Waals surface area contributed by atoms with Crippen molar-refractivity contribution in [3.05, 3.63) is 21.5 Å². The summed E-state index contributed by atoms with van der Waals surface area (Å²) in [6.45, 7) is 15.1. The summed E-state index contributed by atoms with van der Waals surface area (Å²) in [5.41, 5.74) is 0.605. The number of rotatable bonds is 4. The molecule has 0 atom stereocenters. The second kappa shape index (κ2) is 6.55. The molecule has 0 N–H and O–H groups in total. The van der Waals surface area contributed by atoms with Gasteiger partial charge >= 0.3 is 0 Å². The Balaban J connectivity index is 3.30. The van der Waals surface area contributed by atoms with Crippen LogP contribution in [-0.4, -0.2) is 35.9 Å². The lowest BCUT2D eigenvalue weighted by Crippen LogP contribution is -2.45.